The van der Waals surface area contributed by atoms with Crippen molar-refractivity contribution in [3.8, 4) is 0 Å². The second kappa shape index (κ2) is 7.76. The monoisotopic (exact) mass is 318 g/mol. The third-order valence-electron chi connectivity index (χ3n) is 4.02. The lowest BCUT2D eigenvalue weighted by molar-refractivity contribution is -0.137. The van der Waals surface area contributed by atoms with E-state index in [9.17, 15) is 14.4 Å². The Bertz CT molecular complexity index is 583. The summed E-state index contributed by atoms with van der Waals surface area (Å²) in [6, 6.07) is 7.39. The summed E-state index contributed by atoms with van der Waals surface area (Å²) in [7, 11) is 0. The summed E-state index contributed by atoms with van der Waals surface area (Å²) in [4.78, 5) is 36.8. The van der Waals surface area contributed by atoms with Crippen molar-refractivity contribution in [1.82, 2.24) is 10.2 Å². The molecule has 1 aliphatic heterocycles. The van der Waals surface area contributed by atoms with Gasteiger partial charge in [-0.2, -0.15) is 0 Å². The fourth-order valence-corrected chi connectivity index (χ4v) is 2.69. The van der Waals surface area contributed by atoms with Crippen LogP contribution in [0.3, 0.4) is 0 Å². The van der Waals surface area contributed by atoms with Crippen LogP contribution in [-0.4, -0.2) is 47.4 Å². The Hall–Kier alpha value is -2.37. The number of carboxylic acid groups (broad SMARTS) is 1. The smallest absolute Gasteiger partial charge is 0.305 e. The van der Waals surface area contributed by atoms with Gasteiger partial charge in [-0.05, 0) is 31.9 Å². The van der Waals surface area contributed by atoms with E-state index in [4.69, 9.17) is 5.11 Å². The molecule has 6 heteroatoms. The van der Waals surface area contributed by atoms with Crippen LogP contribution in [0.1, 0.15) is 35.2 Å². The number of aliphatic carboxylic acids is 1. The highest BCUT2D eigenvalue weighted by Gasteiger charge is 2.28. The lowest BCUT2D eigenvalue weighted by Gasteiger charge is -2.32. The van der Waals surface area contributed by atoms with E-state index in [0.717, 1.165) is 18.4 Å². The minimum atomic E-state index is -0.940. The van der Waals surface area contributed by atoms with Crippen LogP contribution in [0.4, 0.5) is 0 Å². The number of nitrogens with zero attached hydrogens (tertiary/aromatic N) is 1. The summed E-state index contributed by atoms with van der Waals surface area (Å²) in [5.74, 6) is -1.45. The summed E-state index contributed by atoms with van der Waals surface area (Å²) >= 11 is 0. The van der Waals surface area contributed by atoms with Gasteiger partial charge in [0.05, 0.1) is 12.3 Å². The zero-order valence-electron chi connectivity index (χ0n) is 13.2. The van der Waals surface area contributed by atoms with Crippen LogP contribution in [0.2, 0.25) is 0 Å². The second-order valence-corrected chi connectivity index (χ2v) is 5.89. The molecule has 2 rings (SSSR count). The molecule has 1 aromatic carbocycles. The van der Waals surface area contributed by atoms with Crippen molar-refractivity contribution in [2.24, 2.45) is 5.92 Å². The molecule has 1 atom stereocenters. The van der Waals surface area contributed by atoms with Crippen molar-refractivity contribution in [3.05, 3.63) is 35.4 Å². The molecular weight excluding hydrogens is 296 g/mol. The molecule has 1 aromatic rings. The van der Waals surface area contributed by atoms with Gasteiger partial charge in [0, 0.05) is 25.2 Å². The first-order valence-corrected chi connectivity index (χ1v) is 7.83. The molecule has 1 fully saturated rings. The van der Waals surface area contributed by atoms with Crippen molar-refractivity contribution in [2.45, 2.75) is 26.2 Å². The molecule has 0 saturated carbocycles. The van der Waals surface area contributed by atoms with Gasteiger partial charge in [-0.15, -0.1) is 0 Å². The molecule has 0 aliphatic carbocycles. The summed E-state index contributed by atoms with van der Waals surface area (Å²) in [6.45, 7) is 3.11. The number of rotatable bonds is 5. The molecule has 1 aliphatic rings. The first-order chi connectivity index (χ1) is 11.0. The number of benzene rings is 1. The molecule has 124 valence electrons. The number of carbonyl (C=O) groups excluding carboxylic acids is 2. The average Bonchev–Trinajstić information content (AvgIpc) is 2.54. The van der Waals surface area contributed by atoms with E-state index in [1.807, 2.05) is 19.1 Å². The van der Waals surface area contributed by atoms with Crippen LogP contribution in [-0.2, 0) is 9.59 Å². The van der Waals surface area contributed by atoms with Gasteiger partial charge in [-0.25, -0.2) is 0 Å². The first-order valence-electron chi connectivity index (χ1n) is 7.83. The maximum atomic E-state index is 12.5. The Morgan fingerprint density at radius 3 is 2.61 bits per heavy atom. The van der Waals surface area contributed by atoms with Gasteiger partial charge in [-0.1, -0.05) is 17.7 Å². The Morgan fingerprint density at radius 2 is 1.96 bits per heavy atom. The minimum Gasteiger partial charge on any atom is -0.481 e. The predicted octanol–water partition coefficient (Wildman–Crippen LogP) is 1.44. The van der Waals surface area contributed by atoms with Crippen LogP contribution < -0.4 is 5.32 Å². The molecular formula is C17H22N2O4. The lowest BCUT2D eigenvalue weighted by atomic mass is 9.96. The topological polar surface area (TPSA) is 86.7 Å². The van der Waals surface area contributed by atoms with Crippen molar-refractivity contribution in [3.63, 3.8) is 0 Å². The molecule has 0 bridgehead atoms. The zero-order valence-corrected chi connectivity index (χ0v) is 13.2. The molecule has 0 aromatic heterocycles. The van der Waals surface area contributed by atoms with Crippen LogP contribution in [0, 0.1) is 12.8 Å². The molecule has 1 saturated heterocycles. The lowest BCUT2D eigenvalue weighted by Crippen LogP contribution is -2.45. The van der Waals surface area contributed by atoms with E-state index in [2.05, 4.69) is 5.32 Å². The van der Waals surface area contributed by atoms with Gasteiger partial charge in [0.1, 0.15) is 0 Å². The quantitative estimate of drug-likeness (QED) is 0.860. The summed E-state index contributed by atoms with van der Waals surface area (Å²) < 4.78 is 0. The number of aryl methyl sites for hydroxylation is 1. The highest BCUT2D eigenvalue weighted by Crippen LogP contribution is 2.19. The number of carboxylic acids is 1. The van der Waals surface area contributed by atoms with E-state index < -0.39 is 5.97 Å². The van der Waals surface area contributed by atoms with Crippen molar-refractivity contribution in [1.29, 1.82) is 0 Å². The average molecular weight is 318 g/mol. The summed E-state index contributed by atoms with van der Waals surface area (Å²) in [5.41, 5.74) is 1.72. The Kier molecular flexibility index (Phi) is 5.73. The predicted molar refractivity (Wildman–Crippen MR) is 85.1 cm³/mol. The molecule has 1 unspecified atom stereocenters. The van der Waals surface area contributed by atoms with Gasteiger partial charge >= 0.3 is 5.97 Å². The molecule has 2 amide bonds. The van der Waals surface area contributed by atoms with E-state index in [0.29, 0.717) is 18.7 Å². The second-order valence-electron chi connectivity index (χ2n) is 5.89. The largest absolute Gasteiger partial charge is 0.481 e. The van der Waals surface area contributed by atoms with Crippen molar-refractivity contribution >= 4 is 17.8 Å². The Morgan fingerprint density at radius 1 is 1.26 bits per heavy atom. The van der Waals surface area contributed by atoms with Gasteiger partial charge in [0.2, 0.25) is 5.91 Å². The maximum absolute atomic E-state index is 12.5. The van der Waals surface area contributed by atoms with E-state index >= 15 is 0 Å². The molecule has 0 radical (unpaired) electrons. The molecule has 2 N–H and O–H groups in total. The Balaban J connectivity index is 1.92. The standard InChI is InChI=1S/C17H22N2O4/c1-12-4-6-13(7-5-12)17(23)19-10-2-3-14(11-19)16(22)18-9-8-15(20)21/h4-7,14H,2-3,8-11H2,1H3,(H,18,22)(H,20,21). The normalized spacial score (nSPS) is 17.6. The van der Waals surface area contributed by atoms with Crippen molar-refractivity contribution in [2.75, 3.05) is 19.6 Å². The third-order valence-corrected chi connectivity index (χ3v) is 4.02. The number of piperidine rings is 1. The van der Waals surface area contributed by atoms with Crippen LogP contribution in [0.15, 0.2) is 24.3 Å². The highest BCUT2D eigenvalue weighted by molar-refractivity contribution is 5.94. The number of hydrogen-bond acceptors (Lipinski definition) is 3. The SMILES string of the molecule is Cc1ccc(C(=O)N2CCCC(C(=O)NCCC(=O)O)C2)cc1. The van der Waals surface area contributed by atoms with Gasteiger partial charge in [-0.3, -0.25) is 14.4 Å². The van der Waals surface area contributed by atoms with Gasteiger partial charge < -0.3 is 15.3 Å². The maximum Gasteiger partial charge on any atom is 0.305 e. The minimum absolute atomic E-state index is 0.0620. The Labute approximate surface area is 135 Å². The zero-order chi connectivity index (χ0) is 16.8. The number of carbonyl (C=O) groups is 3. The van der Waals surface area contributed by atoms with E-state index in [1.54, 1.807) is 17.0 Å². The number of likely N-dealkylation sites (tertiary alicyclic amines) is 1. The van der Waals surface area contributed by atoms with E-state index in [-0.39, 0.29) is 30.7 Å². The summed E-state index contributed by atoms with van der Waals surface area (Å²) in [5, 5.41) is 11.2. The number of amides is 2. The third kappa shape index (κ3) is 4.81. The fourth-order valence-electron chi connectivity index (χ4n) is 2.69. The van der Waals surface area contributed by atoms with Crippen LogP contribution in [0.5, 0.6) is 0 Å². The fraction of sp³-hybridized carbons (Fsp3) is 0.471. The first kappa shape index (κ1) is 17.0. The molecule has 0 spiro atoms. The summed E-state index contributed by atoms with van der Waals surface area (Å²) in [6.07, 6.45) is 1.40. The van der Waals surface area contributed by atoms with Crippen LogP contribution >= 0.6 is 0 Å². The molecule has 1 heterocycles. The van der Waals surface area contributed by atoms with E-state index in [1.165, 1.54) is 0 Å². The number of hydrogen-bond donors (Lipinski definition) is 2. The van der Waals surface area contributed by atoms with Gasteiger partial charge in [0.25, 0.3) is 5.91 Å². The highest BCUT2D eigenvalue weighted by atomic mass is 16.4. The molecule has 23 heavy (non-hydrogen) atoms. The van der Waals surface area contributed by atoms with Crippen LogP contribution in [0.25, 0.3) is 0 Å². The van der Waals surface area contributed by atoms with Crippen molar-refractivity contribution < 1.29 is 19.5 Å². The number of nitrogens with one attached hydrogen (secondary N) is 1. The molecule has 6 nitrogen and oxygen atoms in total. The van der Waals surface area contributed by atoms with Gasteiger partial charge in [0.15, 0.2) is 0 Å².